The van der Waals surface area contributed by atoms with Crippen molar-refractivity contribution in [2.75, 3.05) is 0 Å². The molecule has 0 aliphatic heterocycles. The molecule has 12 saturated carbocycles. The highest BCUT2D eigenvalue weighted by Gasteiger charge is 2.64. The van der Waals surface area contributed by atoms with E-state index < -0.39 is 5.60 Å². The first-order valence-corrected chi connectivity index (χ1v) is 28.7. The molecular weight excluding hydrogens is 915 g/mol. The summed E-state index contributed by atoms with van der Waals surface area (Å²) in [5.74, 6) is 9.86. The van der Waals surface area contributed by atoms with Crippen LogP contribution in [0.5, 0.6) is 0 Å². The SMILES string of the molecule is Clc1ccc2c(c1)-c1ccccc1C21C2CC3CC(C2)CC1C3.Clc1cccc2c1C1(c3ccccc3-2)C2CC3CC(C2)CC1C3.OC1(c2ccccc2-c2cccc(Cl)c2)C2CC3CC(C2)CC1C3. The molecule has 6 aromatic rings. The molecule has 0 unspecified atom stereocenters. The van der Waals surface area contributed by atoms with Crippen molar-refractivity contribution in [2.45, 2.75) is 113 Å². The number of aliphatic hydroxyl groups is 1. The summed E-state index contributed by atoms with van der Waals surface area (Å²) in [6, 6.07) is 48.1. The lowest BCUT2D eigenvalue weighted by Crippen LogP contribution is -2.55. The van der Waals surface area contributed by atoms with Gasteiger partial charge in [-0.1, -0.05) is 138 Å². The molecule has 12 fully saturated rings. The molecule has 70 heavy (non-hydrogen) atoms. The Bertz CT molecular complexity index is 2980. The summed E-state index contributed by atoms with van der Waals surface area (Å²) in [5, 5.41) is 14.6. The highest BCUT2D eigenvalue weighted by atomic mass is 35.5. The van der Waals surface area contributed by atoms with Crippen molar-refractivity contribution in [2.24, 2.45) is 71.0 Å². The van der Waals surface area contributed by atoms with Crippen molar-refractivity contribution >= 4 is 34.8 Å². The largest absolute Gasteiger partial charge is 0.385 e. The van der Waals surface area contributed by atoms with Crippen molar-refractivity contribution in [1.82, 2.24) is 0 Å². The third-order valence-corrected chi connectivity index (χ3v) is 22.7. The van der Waals surface area contributed by atoms with Crippen LogP contribution in [-0.4, -0.2) is 5.11 Å². The van der Waals surface area contributed by atoms with Gasteiger partial charge in [-0.05, 0) is 259 Å². The molecule has 2 spiro atoms. The predicted octanol–water partition coefficient (Wildman–Crippen LogP) is 17.8. The Morgan fingerprint density at radius 1 is 0.329 bits per heavy atom. The molecule has 0 atom stereocenters. The van der Waals surface area contributed by atoms with Gasteiger partial charge in [-0.2, -0.15) is 0 Å². The molecule has 0 aromatic heterocycles. The van der Waals surface area contributed by atoms with E-state index in [1.54, 1.807) is 16.7 Å². The summed E-state index contributed by atoms with van der Waals surface area (Å²) in [5.41, 5.74) is 15.3. The number of hydrogen-bond acceptors (Lipinski definition) is 1. The highest BCUT2D eigenvalue weighted by molar-refractivity contribution is 6.32. The molecule has 14 aliphatic rings. The van der Waals surface area contributed by atoms with Gasteiger partial charge in [0.05, 0.1) is 5.60 Å². The average molecular weight is 981 g/mol. The third-order valence-electron chi connectivity index (χ3n) is 21.9. The monoisotopic (exact) mass is 978 g/mol. The van der Waals surface area contributed by atoms with Gasteiger partial charge in [-0.25, -0.2) is 0 Å². The van der Waals surface area contributed by atoms with Crippen LogP contribution >= 0.6 is 34.8 Å². The van der Waals surface area contributed by atoms with E-state index in [1.165, 1.54) is 124 Å². The first-order valence-electron chi connectivity index (χ1n) is 27.6. The second-order valence-electron chi connectivity index (χ2n) is 25.0. The second kappa shape index (κ2) is 16.1. The first-order chi connectivity index (χ1) is 34.2. The van der Waals surface area contributed by atoms with Gasteiger partial charge in [0, 0.05) is 25.9 Å². The minimum absolute atomic E-state index is 0.220. The molecule has 0 amide bonds. The van der Waals surface area contributed by atoms with Crippen molar-refractivity contribution < 1.29 is 5.11 Å². The van der Waals surface area contributed by atoms with Crippen LogP contribution in [0.15, 0.2) is 133 Å². The maximum Gasteiger partial charge on any atom is 0.0958 e. The molecular formula is C66H65Cl3O. The zero-order valence-corrected chi connectivity index (χ0v) is 42.6. The van der Waals surface area contributed by atoms with Gasteiger partial charge in [0.1, 0.15) is 0 Å². The summed E-state index contributed by atoms with van der Waals surface area (Å²) >= 11 is 19.4. The van der Waals surface area contributed by atoms with Gasteiger partial charge in [0.2, 0.25) is 0 Å². The van der Waals surface area contributed by atoms with Crippen molar-refractivity contribution in [3.63, 3.8) is 0 Å². The minimum atomic E-state index is -0.660. The van der Waals surface area contributed by atoms with E-state index in [9.17, 15) is 5.11 Å². The second-order valence-corrected chi connectivity index (χ2v) is 26.3. The molecule has 1 nitrogen and oxygen atoms in total. The van der Waals surface area contributed by atoms with Gasteiger partial charge in [0.15, 0.2) is 0 Å². The van der Waals surface area contributed by atoms with Gasteiger partial charge in [-0.15, -0.1) is 0 Å². The molecule has 356 valence electrons. The van der Waals surface area contributed by atoms with Gasteiger partial charge < -0.3 is 5.11 Å². The predicted molar refractivity (Wildman–Crippen MR) is 287 cm³/mol. The standard InChI is InChI=1S/C22H23ClO.2C22H21Cl/c23-19-5-3-4-16(13-19)20-6-1-2-7-21(20)22(24)17-9-14-8-15(11-17)12-18(22)10-14;23-20-7-3-5-18-17-4-1-2-6-19(17)22(21(18)20)15-9-13-8-14(11-15)12-16(22)10-13;23-17-5-6-21-19(12-17)18-3-1-2-4-20(18)22(21)15-8-13-7-14(10-15)11-16(22)9-13/h1-7,13-15,17-18,24H,8-12H2;1-7,13-16H,8-12H2;1-6,12-16H,7-11H2. The van der Waals surface area contributed by atoms with E-state index in [1.807, 2.05) is 18.2 Å². The summed E-state index contributed by atoms with van der Waals surface area (Å²) in [6.45, 7) is 0. The smallest absolute Gasteiger partial charge is 0.0958 e. The van der Waals surface area contributed by atoms with E-state index >= 15 is 0 Å². The zero-order valence-electron chi connectivity index (χ0n) is 40.3. The molecule has 0 saturated heterocycles. The molecule has 20 rings (SSSR count). The summed E-state index contributed by atoms with van der Waals surface area (Å²) in [4.78, 5) is 0. The summed E-state index contributed by atoms with van der Waals surface area (Å²) in [6.07, 6.45) is 20.7. The Labute approximate surface area is 430 Å². The Morgan fingerprint density at radius 3 is 1.30 bits per heavy atom. The number of hydrogen-bond donors (Lipinski definition) is 1. The van der Waals surface area contributed by atoms with Crippen LogP contribution in [0.3, 0.4) is 0 Å². The fourth-order valence-electron chi connectivity index (χ4n) is 20.4. The zero-order chi connectivity index (χ0) is 46.7. The summed E-state index contributed by atoms with van der Waals surface area (Å²) < 4.78 is 0. The molecule has 4 heteroatoms. The van der Waals surface area contributed by atoms with Crippen LogP contribution in [0.1, 0.15) is 124 Å². The number of rotatable bonds is 2. The summed E-state index contributed by atoms with van der Waals surface area (Å²) in [7, 11) is 0. The lowest BCUT2D eigenvalue weighted by atomic mass is 9.43. The van der Waals surface area contributed by atoms with Crippen LogP contribution in [-0.2, 0) is 16.4 Å². The van der Waals surface area contributed by atoms with Crippen molar-refractivity contribution in [3.05, 3.63) is 176 Å². The fourth-order valence-corrected chi connectivity index (χ4v) is 21.1. The van der Waals surface area contributed by atoms with E-state index in [0.29, 0.717) is 17.3 Å². The maximum absolute atomic E-state index is 11.9. The van der Waals surface area contributed by atoms with Crippen LogP contribution in [0, 0.1) is 71.0 Å². The fraction of sp³-hybridized carbons (Fsp3) is 0.455. The molecule has 1 N–H and O–H groups in total. The molecule has 0 radical (unpaired) electrons. The number of halogens is 3. The quantitative estimate of drug-likeness (QED) is 0.183. The van der Waals surface area contributed by atoms with Crippen LogP contribution in [0.2, 0.25) is 15.1 Å². The highest BCUT2D eigenvalue weighted by Crippen LogP contribution is 2.72. The molecule has 12 bridgehead atoms. The molecule has 0 heterocycles. The van der Waals surface area contributed by atoms with Gasteiger partial charge >= 0.3 is 0 Å². The van der Waals surface area contributed by atoms with Gasteiger partial charge in [0.25, 0.3) is 0 Å². The van der Waals surface area contributed by atoms with E-state index in [2.05, 4.69) is 115 Å². The van der Waals surface area contributed by atoms with E-state index in [4.69, 9.17) is 34.8 Å². The molecule has 6 aromatic carbocycles. The Morgan fingerprint density at radius 2 is 0.743 bits per heavy atom. The topological polar surface area (TPSA) is 20.2 Å². The Kier molecular flexibility index (Phi) is 10.0. The lowest BCUT2D eigenvalue weighted by molar-refractivity contribution is -0.179. The minimum Gasteiger partial charge on any atom is -0.385 e. The lowest BCUT2D eigenvalue weighted by Gasteiger charge is -2.61. The first kappa shape index (κ1) is 43.7. The third kappa shape index (κ3) is 6.14. The number of benzene rings is 6. The van der Waals surface area contributed by atoms with Crippen molar-refractivity contribution in [3.8, 4) is 33.4 Å². The number of fused-ring (bicyclic) bond motifs is 6. The normalized spacial score (nSPS) is 38.2. The average Bonchev–Trinajstić information content (AvgIpc) is 3.83. The van der Waals surface area contributed by atoms with E-state index in [0.717, 1.165) is 90.9 Å². The van der Waals surface area contributed by atoms with E-state index in [-0.39, 0.29) is 5.41 Å². The van der Waals surface area contributed by atoms with Crippen LogP contribution in [0.25, 0.3) is 33.4 Å². The van der Waals surface area contributed by atoms with Crippen molar-refractivity contribution in [1.29, 1.82) is 0 Å². The van der Waals surface area contributed by atoms with Crippen LogP contribution < -0.4 is 0 Å². The van der Waals surface area contributed by atoms with Gasteiger partial charge in [-0.3, -0.25) is 0 Å². The Balaban J connectivity index is 0.0000000945. The van der Waals surface area contributed by atoms with Crippen LogP contribution in [0.4, 0.5) is 0 Å². The maximum atomic E-state index is 11.9. The molecule has 14 aliphatic carbocycles. The Hall–Kier alpha value is -3.85.